The average Bonchev–Trinajstić information content (AvgIpc) is 3.41. The number of hydrogen-bond donors (Lipinski definition) is 0. The molecule has 8 heteroatoms. The highest BCUT2D eigenvalue weighted by Crippen LogP contribution is 2.31. The van der Waals surface area contributed by atoms with Crippen LogP contribution in [-0.2, 0) is 21.2 Å². The van der Waals surface area contributed by atoms with E-state index in [1.54, 1.807) is 47.6 Å². The van der Waals surface area contributed by atoms with Gasteiger partial charge in [0.1, 0.15) is 5.76 Å². The Hall–Kier alpha value is -2.97. The zero-order valence-electron chi connectivity index (χ0n) is 17.9. The Balaban J connectivity index is 1.50. The maximum absolute atomic E-state index is 13.1. The number of nitrogens with zero attached hydrogens (tertiary/aromatic N) is 2. The Kier molecular flexibility index (Phi) is 6.43. The second kappa shape index (κ2) is 9.26. The van der Waals surface area contributed by atoms with Crippen molar-refractivity contribution in [2.24, 2.45) is 0 Å². The number of aryl methyl sites for hydroxylation is 2. The number of carbonyl (C=O) groups is 1. The molecule has 0 aliphatic heterocycles. The van der Waals surface area contributed by atoms with Gasteiger partial charge in [0.25, 0.3) is 0 Å². The Labute approximate surface area is 191 Å². The number of hydrogen-bond acceptors (Lipinski definition) is 6. The Bertz CT molecular complexity index is 1320. The summed E-state index contributed by atoms with van der Waals surface area (Å²) in [7, 11) is -3.44. The van der Waals surface area contributed by atoms with Crippen LogP contribution in [0.1, 0.15) is 29.7 Å². The first-order valence-corrected chi connectivity index (χ1v) is 12.8. The molecule has 0 atom stereocenters. The van der Waals surface area contributed by atoms with E-state index in [-0.39, 0.29) is 35.9 Å². The molecule has 1 amide bonds. The predicted octanol–water partition coefficient (Wildman–Crippen LogP) is 5.29. The standard InChI is InChI=1S/C24H24N2O4S2/c1-17-7-10-20(11-8-17)32(28,29)14-4-6-23(27)26(16-19-5-3-13-30-19)24-25-21-12-9-18(2)15-22(21)31-24/h3,5,7-13,15H,4,6,14,16H2,1-2H3. The van der Waals surface area contributed by atoms with Gasteiger partial charge in [-0.15, -0.1) is 0 Å². The summed E-state index contributed by atoms with van der Waals surface area (Å²) >= 11 is 1.44. The number of anilines is 1. The minimum Gasteiger partial charge on any atom is -0.467 e. The highest BCUT2D eigenvalue weighted by molar-refractivity contribution is 7.91. The van der Waals surface area contributed by atoms with Crippen molar-refractivity contribution >= 4 is 42.4 Å². The van der Waals surface area contributed by atoms with Crippen molar-refractivity contribution in [2.45, 2.75) is 38.1 Å². The molecule has 0 unspecified atom stereocenters. The normalized spacial score (nSPS) is 11.7. The first kappa shape index (κ1) is 22.2. The highest BCUT2D eigenvalue weighted by atomic mass is 32.2. The summed E-state index contributed by atoms with van der Waals surface area (Å²) in [5.41, 5.74) is 2.95. The van der Waals surface area contributed by atoms with Crippen LogP contribution >= 0.6 is 11.3 Å². The van der Waals surface area contributed by atoms with Crippen molar-refractivity contribution in [1.29, 1.82) is 0 Å². The van der Waals surface area contributed by atoms with Gasteiger partial charge in [0, 0.05) is 6.42 Å². The van der Waals surface area contributed by atoms with E-state index in [1.165, 1.54) is 11.3 Å². The maximum atomic E-state index is 13.1. The van der Waals surface area contributed by atoms with Crippen LogP contribution < -0.4 is 4.90 Å². The number of rotatable bonds is 8. The lowest BCUT2D eigenvalue weighted by molar-refractivity contribution is -0.118. The molecule has 32 heavy (non-hydrogen) atoms. The van der Waals surface area contributed by atoms with Crippen LogP contribution in [-0.4, -0.2) is 25.1 Å². The molecule has 166 valence electrons. The van der Waals surface area contributed by atoms with Gasteiger partial charge in [-0.25, -0.2) is 13.4 Å². The molecule has 6 nitrogen and oxygen atoms in total. The van der Waals surface area contributed by atoms with E-state index in [2.05, 4.69) is 4.98 Å². The molecule has 0 bridgehead atoms. The summed E-state index contributed by atoms with van der Waals surface area (Å²) in [6.07, 6.45) is 1.89. The summed E-state index contributed by atoms with van der Waals surface area (Å²) in [6.45, 7) is 4.17. The van der Waals surface area contributed by atoms with Gasteiger partial charge in [0.05, 0.1) is 33.7 Å². The maximum Gasteiger partial charge on any atom is 0.229 e. The SMILES string of the molecule is Cc1ccc(S(=O)(=O)CCCC(=O)N(Cc2ccco2)c2nc3ccc(C)cc3s2)cc1. The van der Waals surface area contributed by atoms with Gasteiger partial charge in [0.2, 0.25) is 5.91 Å². The number of sulfone groups is 1. The number of fused-ring (bicyclic) bond motifs is 1. The molecule has 2 aromatic carbocycles. The van der Waals surface area contributed by atoms with E-state index < -0.39 is 9.84 Å². The van der Waals surface area contributed by atoms with Gasteiger partial charge < -0.3 is 4.42 Å². The first-order valence-electron chi connectivity index (χ1n) is 10.3. The van der Waals surface area contributed by atoms with E-state index in [0.29, 0.717) is 10.9 Å². The smallest absolute Gasteiger partial charge is 0.229 e. The number of aromatic nitrogens is 1. The molecule has 4 aromatic rings. The Morgan fingerprint density at radius 1 is 1.06 bits per heavy atom. The minimum atomic E-state index is -3.44. The van der Waals surface area contributed by atoms with Crippen molar-refractivity contribution in [2.75, 3.05) is 10.7 Å². The zero-order valence-corrected chi connectivity index (χ0v) is 19.6. The lowest BCUT2D eigenvalue weighted by Gasteiger charge is -2.18. The summed E-state index contributed by atoms with van der Waals surface area (Å²) in [4.78, 5) is 19.6. The number of carbonyl (C=O) groups excluding carboxylic acids is 1. The quantitative estimate of drug-likeness (QED) is 0.351. The Morgan fingerprint density at radius 3 is 2.53 bits per heavy atom. The molecular weight excluding hydrogens is 444 g/mol. The van der Waals surface area contributed by atoms with Crippen LogP contribution in [0.2, 0.25) is 0 Å². The molecule has 0 N–H and O–H groups in total. The van der Waals surface area contributed by atoms with Crippen LogP contribution in [0.25, 0.3) is 10.2 Å². The third kappa shape index (κ3) is 5.08. The van der Waals surface area contributed by atoms with Gasteiger partial charge in [-0.1, -0.05) is 35.1 Å². The van der Waals surface area contributed by atoms with E-state index in [1.807, 2.05) is 32.0 Å². The van der Waals surface area contributed by atoms with Crippen molar-refractivity contribution < 1.29 is 17.6 Å². The molecule has 2 heterocycles. The van der Waals surface area contributed by atoms with Crippen molar-refractivity contribution in [1.82, 2.24) is 4.98 Å². The van der Waals surface area contributed by atoms with Gasteiger partial charge in [-0.2, -0.15) is 0 Å². The molecule has 2 aromatic heterocycles. The summed E-state index contributed by atoms with van der Waals surface area (Å²) in [6, 6.07) is 16.3. The van der Waals surface area contributed by atoms with E-state index >= 15 is 0 Å². The third-order valence-electron chi connectivity index (χ3n) is 5.14. The van der Waals surface area contributed by atoms with Gasteiger partial charge in [-0.3, -0.25) is 9.69 Å². The fourth-order valence-corrected chi connectivity index (χ4v) is 5.76. The zero-order chi connectivity index (χ0) is 22.7. The second-order valence-electron chi connectivity index (χ2n) is 7.76. The minimum absolute atomic E-state index is 0.0879. The molecule has 0 spiro atoms. The molecule has 0 saturated carbocycles. The summed E-state index contributed by atoms with van der Waals surface area (Å²) < 4.78 is 31.7. The van der Waals surface area contributed by atoms with Crippen LogP contribution in [0.5, 0.6) is 0 Å². The average molecular weight is 469 g/mol. The van der Waals surface area contributed by atoms with E-state index in [9.17, 15) is 13.2 Å². The fourth-order valence-electron chi connectivity index (χ4n) is 3.37. The Morgan fingerprint density at radius 2 is 1.81 bits per heavy atom. The topological polar surface area (TPSA) is 80.5 Å². The van der Waals surface area contributed by atoms with Crippen LogP contribution in [0, 0.1) is 13.8 Å². The number of benzene rings is 2. The lowest BCUT2D eigenvalue weighted by atomic mass is 10.2. The van der Waals surface area contributed by atoms with Crippen LogP contribution in [0.4, 0.5) is 5.13 Å². The summed E-state index contributed by atoms with van der Waals surface area (Å²) in [5.74, 6) is 0.368. The van der Waals surface area contributed by atoms with Crippen molar-refractivity contribution in [3.63, 3.8) is 0 Å². The highest BCUT2D eigenvalue weighted by Gasteiger charge is 2.22. The molecule has 4 rings (SSSR count). The predicted molar refractivity (Wildman–Crippen MR) is 127 cm³/mol. The fraction of sp³-hybridized carbons (Fsp3) is 0.250. The second-order valence-corrected chi connectivity index (χ2v) is 10.9. The molecule has 0 radical (unpaired) electrons. The van der Waals surface area contributed by atoms with Gasteiger partial charge in [-0.05, 0) is 62.2 Å². The molecular formula is C24H24N2O4S2. The molecule has 0 aliphatic carbocycles. The molecule has 0 aliphatic rings. The van der Waals surface area contributed by atoms with Crippen molar-refractivity contribution in [3.05, 3.63) is 77.7 Å². The lowest BCUT2D eigenvalue weighted by Crippen LogP contribution is -2.30. The van der Waals surface area contributed by atoms with Crippen molar-refractivity contribution in [3.8, 4) is 0 Å². The number of thiazole rings is 1. The van der Waals surface area contributed by atoms with Crippen LogP contribution in [0.15, 0.2) is 70.2 Å². The van der Waals surface area contributed by atoms with Crippen LogP contribution in [0.3, 0.4) is 0 Å². The molecule has 0 saturated heterocycles. The van der Waals surface area contributed by atoms with Gasteiger partial charge in [0.15, 0.2) is 15.0 Å². The number of amides is 1. The van der Waals surface area contributed by atoms with Gasteiger partial charge >= 0.3 is 0 Å². The van der Waals surface area contributed by atoms with E-state index in [0.717, 1.165) is 21.3 Å². The molecule has 0 fully saturated rings. The first-order chi connectivity index (χ1) is 15.3. The third-order valence-corrected chi connectivity index (χ3v) is 8.00. The number of furan rings is 1. The summed E-state index contributed by atoms with van der Waals surface area (Å²) in [5, 5.41) is 0.577. The van der Waals surface area contributed by atoms with E-state index in [4.69, 9.17) is 4.42 Å². The largest absolute Gasteiger partial charge is 0.467 e. The monoisotopic (exact) mass is 468 g/mol.